The van der Waals surface area contributed by atoms with E-state index < -0.39 is 23.7 Å². The minimum Gasteiger partial charge on any atom is -0.480 e. The summed E-state index contributed by atoms with van der Waals surface area (Å²) in [6, 6.07) is 8.18. The number of ether oxygens (including phenoxy) is 1. The maximum atomic E-state index is 12.0. The molecular weight excluding hydrogens is 348 g/mol. The molecule has 1 fully saturated rings. The van der Waals surface area contributed by atoms with Crippen molar-refractivity contribution in [3.8, 4) is 0 Å². The summed E-state index contributed by atoms with van der Waals surface area (Å²) in [5, 5.41) is 13.5. The lowest BCUT2D eigenvalue weighted by molar-refractivity contribution is -0.144. The van der Waals surface area contributed by atoms with Gasteiger partial charge in [-0.05, 0) is 52.3 Å². The molecule has 146 valence electrons. The van der Waals surface area contributed by atoms with Crippen molar-refractivity contribution >= 4 is 23.0 Å². The summed E-state index contributed by atoms with van der Waals surface area (Å²) in [4.78, 5) is 25.9. The molecule has 3 rings (SSSR count). The topological polar surface area (TPSA) is 92.0 Å². The SMILES string of the molecule is CC(C)(C)OC(=O)N[C@H]1CCCN([C@H](C(=O)O)c2cc3ccccc3o2)C1. The minimum atomic E-state index is -0.966. The number of nitrogens with zero attached hydrogens (tertiary/aromatic N) is 1. The van der Waals surface area contributed by atoms with Crippen LogP contribution in [0.1, 0.15) is 45.4 Å². The van der Waals surface area contributed by atoms with Crippen LogP contribution < -0.4 is 5.32 Å². The maximum absolute atomic E-state index is 12.0. The van der Waals surface area contributed by atoms with E-state index in [0.29, 0.717) is 24.4 Å². The molecule has 0 unspecified atom stereocenters. The van der Waals surface area contributed by atoms with Gasteiger partial charge in [-0.25, -0.2) is 4.79 Å². The van der Waals surface area contributed by atoms with E-state index in [1.807, 2.05) is 49.9 Å². The summed E-state index contributed by atoms with van der Waals surface area (Å²) >= 11 is 0. The van der Waals surface area contributed by atoms with E-state index >= 15 is 0 Å². The zero-order chi connectivity index (χ0) is 19.6. The highest BCUT2D eigenvalue weighted by Crippen LogP contribution is 2.30. The van der Waals surface area contributed by atoms with Crippen LogP contribution in [-0.2, 0) is 9.53 Å². The van der Waals surface area contributed by atoms with Crippen molar-refractivity contribution in [1.29, 1.82) is 0 Å². The number of nitrogens with one attached hydrogen (secondary N) is 1. The van der Waals surface area contributed by atoms with Crippen LogP contribution in [-0.4, -0.2) is 46.8 Å². The summed E-state index contributed by atoms with van der Waals surface area (Å²) < 4.78 is 11.1. The Hall–Kier alpha value is -2.54. The van der Waals surface area contributed by atoms with E-state index in [-0.39, 0.29) is 6.04 Å². The Kier molecular flexibility index (Phi) is 5.41. The van der Waals surface area contributed by atoms with E-state index in [0.717, 1.165) is 18.2 Å². The molecule has 2 aromatic rings. The van der Waals surface area contributed by atoms with Gasteiger partial charge in [-0.15, -0.1) is 0 Å². The number of piperidine rings is 1. The van der Waals surface area contributed by atoms with Crippen LogP contribution in [0.3, 0.4) is 0 Å². The molecule has 7 heteroatoms. The first-order chi connectivity index (χ1) is 12.7. The second-order valence-electron chi connectivity index (χ2n) is 7.91. The molecule has 2 N–H and O–H groups in total. The van der Waals surface area contributed by atoms with E-state index in [9.17, 15) is 14.7 Å². The number of carboxylic acids is 1. The summed E-state index contributed by atoms with van der Waals surface area (Å²) in [7, 11) is 0. The number of para-hydroxylation sites is 1. The quantitative estimate of drug-likeness (QED) is 0.850. The number of rotatable bonds is 4. The number of alkyl carbamates (subject to hydrolysis) is 1. The molecule has 0 spiro atoms. The van der Waals surface area contributed by atoms with Crippen LogP contribution >= 0.6 is 0 Å². The Morgan fingerprint density at radius 2 is 2.07 bits per heavy atom. The number of fused-ring (bicyclic) bond motifs is 1. The lowest BCUT2D eigenvalue weighted by Gasteiger charge is -2.36. The van der Waals surface area contributed by atoms with Gasteiger partial charge in [0.05, 0.1) is 0 Å². The van der Waals surface area contributed by atoms with Crippen LogP contribution in [0, 0.1) is 0 Å². The number of amides is 1. The second kappa shape index (κ2) is 7.60. The van der Waals surface area contributed by atoms with Gasteiger partial charge in [-0.1, -0.05) is 18.2 Å². The molecule has 0 saturated carbocycles. The van der Waals surface area contributed by atoms with Crippen LogP contribution in [0.5, 0.6) is 0 Å². The minimum absolute atomic E-state index is 0.167. The third kappa shape index (κ3) is 4.80. The zero-order valence-electron chi connectivity index (χ0n) is 15.9. The lowest BCUT2D eigenvalue weighted by atomic mass is 10.0. The van der Waals surface area contributed by atoms with Gasteiger partial charge in [-0.3, -0.25) is 9.69 Å². The predicted molar refractivity (Wildman–Crippen MR) is 101 cm³/mol. The largest absolute Gasteiger partial charge is 0.480 e. The molecule has 7 nitrogen and oxygen atoms in total. The average Bonchev–Trinajstić information content (AvgIpc) is 2.96. The molecule has 1 aliphatic heterocycles. The van der Waals surface area contributed by atoms with Gasteiger partial charge >= 0.3 is 12.1 Å². The number of hydrogen-bond donors (Lipinski definition) is 2. The molecule has 0 aliphatic carbocycles. The van der Waals surface area contributed by atoms with Crippen molar-refractivity contribution in [1.82, 2.24) is 10.2 Å². The van der Waals surface area contributed by atoms with Crippen LogP contribution in [0.25, 0.3) is 11.0 Å². The van der Waals surface area contributed by atoms with E-state index in [1.54, 1.807) is 6.07 Å². The smallest absolute Gasteiger partial charge is 0.407 e. The number of carboxylic acid groups (broad SMARTS) is 1. The molecule has 1 aliphatic rings. The number of likely N-dealkylation sites (tertiary alicyclic amines) is 1. The molecule has 1 amide bonds. The Labute approximate surface area is 158 Å². The number of carbonyl (C=O) groups excluding carboxylic acids is 1. The molecule has 2 heterocycles. The van der Waals surface area contributed by atoms with Gasteiger partial charge in [0, 0.05) is 18.0 Å². The summed E-state index contributed by atoms with van der Waals surface area (Å²) in [5.41, 5.74) is 0.0928. The standard InChI is InChI=1S/C20H26N2O5/c1-20(2,3)27-19(25)21-14-8-6-10-22(12-14)17(18(23)24)16-11-13-7-4-5-9-15(13)26-16/h4-5,7,9,11,14,17H,6,8,10,12H2,1-3H3,(H,21,25)(H,23,24)/t14-,17-/m0/s1. The number of carbonyl (C=O) groups is 2. The van der Waals surface area contributed by atoms with E-state index in [2.05, 4.69) is 5.32 Å². The van der Waals surface area contributed by atoms with E-state index in [4.69, 9.17) is 9.15 Å². The molecule has 0 bridgehead atoms. The molecular formula is C20H26N2O5. The Morgan fingerprint density at radius 3 is 2.74 bits per heavy atom. The van der Waals surface area contributed by atoms with Crippen LogP contribution in [0.15, 0.2) is 34.7 Å². The summed E-state index contributed by atoms with van der Waals surface area (Å²) in [6.07, 6.45) is 1.08. The van der Waals surface area contributed by atoms with Crippen molar-refractivity contribution in [2.24, 2.45) is 0 Å². The third-order valence-electron chi connectivity index (χ3n) is 4.49. The van der Waals surface area contributed by atoms with Gasteiger partial charge in [0.25, 0.3) is 0 Å². The number of aliphatic carboxylic acids is 1. The number of hydrogen-bond acceptors (Lipinski definition) is 5. The van der Waals surface area contributed by atoms with Crippen molar-refractivity contribution in [3.05, 3.63) is 36.1 Å². The van der Waals surface area contributed by atoms with Crippen LogP contribution in [0.4, 0.5) is 4.79 Å². The summed E-state index contributed by atoms with van der Waals surface area (Å²) in [6.45, 7) is 6.47. The van der Waals surface area contributed by atoms with E-state index in [1.165, 1.54) is 0 Å². The van der Waals surface area contributed by atoms with Crippen molar-refractivity contribution in [2.45, 2.75) is 51.3 Å². The zero-order valence-corrected chi connectivity index (χ0v) is 15.9. The van der Waals surface area contributed by atoms with Gasteiger partial charge in [-0.2, -0.15) is 0 Å². The van der Waals surface area contributed by atoms with Crippen molar-refractivity contribution < 1.29 is 23.8 Å². The number of benzene rings is 1. The highest BCUT2D eigenvalue weighted by Gasteiger charge is 2.35. The molecule has 1 aromatic carbocycles. The fraction of sp³-hybridized carbons (Fsp3) is 0.500. The Morgan fingerprint density at radius 1 is 1.33 bits per heavy atom. The molecule has 0 radical (unpaired) electrons. The fourth-order valence-electron chi connectivity index (χ4n) is 3.43. The Bertz CT molecular complexity index is 790. The fourth-order valence-corrected chi connectivity index (χ4v) is 3.43. The summed E-state index contributed by atoms with van der Waals surface area (Å²) in [5.74, 6) is -0.561. The monoisotopic (exact) mass is 374 g/mol. The molecule has 2 atom stereocenters. The first-order valence-corrected chi connectivity index (χ1v) is 9.18. The highest BCUT2D eigenvalue weighted by molar-refractivity contribution is 5.81. The first-order valence-electron chi connectivity index (χ1n) is 9.18. The van der Waals surface area contributed by atoms with Gasteiger partial charge in [0.15, 0.2) is 6.04 Å². The lowest BCUT2D eigenvalue weighted by Crippen LogP contribution is -2.50. The van der Waals surface area contributed by atoms with Gasteiger partial charge in [0.1, 0.15) is 16.9 Å². The molecule has 1 aromatic heterocycles. The maximum Gasteiger partial charge on any atom is 0.407 e. The average molecular weight is 374 g/mol. The first kappa shape index (κ1) is 19.2. The van der Waals surface area contributed by atoms with Crippen molar-refractivity contribution in [3.63, 3.8) is 0 Å². The second-order valence-corrected chi connectivity index (χ2v) is 7.91. The van der Waals surface area contributed by atoms with Crippen molar-refractivity contribution in [2.75, 3.05) is 13.1 Å². The normalized spacial score (nSPS) is 19.6. The van der Waals surface area contributed by atoms with Gasteiger partial charge < -0.3 is 19.6 Å². The number of furan rings is 1. The Balaban J connectivity index is 1.74. The molecule has 27 heavy (non-hydrogen) atoms. The van der Waals surface area contributed by atoms with Crippen LogP contribution in [0.2, 0.25) is 0 Å². The van der Waals surface area contributed by atoms with Gasteiger partial charge in [0.2, 0.25) is 0 Å². The molecule has 1 saturated heterocycles. The predicted octanol–water partition coefficient (Wildman–Crippen LogP) is 3.55. The highest BCUT2D eigenvalue weighted by atomic mass is 16.6. The third-order valence-corrected chi connectivity index (χ3v) is 4.49.